The molecule has 1 aliphatic heterocycles. The third kappa shape index (κ3) is 4.63. The van der Waals surface area contributed by atoms with Crippen LogP contribution in [0.1, 0.15) is 60.0 Å². The van der Waals surface area contributed by atoms with E-state index in [1.165, 1.54) is 0 Å². The van der Waals surface area contributed by atoms with Crippen LogP contribution in [0.2, 0.25) is 0 Å². The van der Waals surface area contributed by atoms with Gasteiger partial charge in [0.1, 0.15) is 5.54 Å². The van der Waals surface area contributed by atoms with Gasteiger partial charge in [0.25, 0.3) is 0 Å². The van der Waals surface area contributed by atoms with Crippen LogP contribution in [0.25, 0.3) is 0 Å². The number of hydrogen-bond donors (Lipinski definition) is 1. The van der Waals surface area contributed by atoms with Crippen molar-refractivity contribution in [1.29, 1.82) is 0 Å². The van der Waals surface area contributed by atoms with E-state index in [-0.39, 0.29) is 18.4 Å². The maximum atomic E-state index is 14.7. The van der Waals surface area contributed by atoms with Gasteiger partial charge in [0.05, 0.1) is 11.3 Å². The van der Waals surface area contributed by atoms with Crippen LogP contribution in [0.15, 0.2) is 42.5 Å². The fraction of sp³-hybridized carbons (Fsp3) is 0.407. The minimum Gasteiger partial charge on any atom is -0.368 e. The molecule has 0 spiro atoms. The summed E-state index contributed by atoms with van der Waals surface area (Å²) in [5.74, 6) is -3.99. The van der Waals surface area contributed by atoms with E-state index < -0.39 is 40.9 Å². The molecule has 0 fully saturated rings. The number of carbonyl (C=O) groups is 1. The number of rotatable bonds is 7. The molecule has 1 aliphatic rings. The Bertz CT molecular complexity index is 1300. The molecule has 3 aromatic rings. The van der Waals surface area contributed by atoms with Crippen molar-refractivity contribution in [2.45, 2.75) is 64.3 Å². The predicted molar refractivity (Wildman–Crippen MR) is 128 cm³/mol. The molecule has 1 amide bonds. The zero-order chi connectivity index (χ0) is 27.1. The average molecular weight is 521 g/mol. The molecule has 198 valence electrons. The summed E-state index contributed by atoms with van der Waals surface area (Å²) in [4.78, 5) is 14.9. The highest BCUT2D eigenvalue weighted by Crippen LogP contribution is 2.43. The van der Waals surface area contributed by atoms with Crippen LogP contribution in [0.5, 0.6) is 0 Å². The van der Waals surface area contributed by atoms with Crippen molar-refractivity contribution >= 4 is 5.91 Å². The van der Waals surface area contributed by atoms with Crippen molar-refractivity contribution < 1.29 is 26.7 Å². The van der Waals surface area contributed by atoms with E-state index in [2.05, 4.69) is 5.10 Å². The first-order valence-corrected chi connectivity index (χ1v) is 12.1. The van der Waals surface area contributed by atoms with Crippen LogP contribution < -0.4 is 5.73 Å². The van der Waals surface area contributed by atoms with Gasteiger partial charge in [-0.1, -0.05) is 36.4 Å². The molecule has 2 atom stereocenters. The number of hydrogen-bond acceptors (Lipinski definition) is 3. The Morgan fingerprint density at radius 1 is 1.11 bits per heavy atom. The van der Waals surface area contributed by atoms with E-state index >= 15 is 0 Å². The Morgan fingerprint density at radius 2 is 1.78 bits per heavy atom. The number of benzene rings is 2. The minimum absolute atomic E-state index is 0.0537. The Hall–Kier alpha value is -3.27. The lowest BCUT2D eigenvalue weighted by atomic mass is 9.82. The van der Waals surface area contributed by atoms with Gasteiger partial charge in [-0.2, -0.15) is 18.3 Å². The Labute approximate surface area is 212 Å². The van der Waals surface area contributed by atoms with Crippen molar-refractivity contribution in [2.24, 2.45) is 5.73 Å². The largest absolute Gasteiger partial charge is 0.419 e. The first kappa shape index (κ1) is 26.8. The summed E-state index contributed by atoms with van der Waals surface area (Å²) in [6.45, 7) is 6.63. The lowest BCUT2D eigenvalue weighted by Gasteiger charge is -2.47. The van der Waals surface area contributed by atoms with Gasteiger partial charge in [-0.25, -0.2) is 8.78 Å². The Kier molecular flexibility index (Phi) is 7.16. The molecule has 1 aromatic heterocycles. The van der Waals surface area contributed by atoms with Crippen molar-refractivity contribution in [3.8, 4) is 0 Å². The zero-order valence-electron chi connectivity index (χ0n) is 20.9. The normalized spacial score (nSPS) is 17.9. The number of carbonyl (C=O) groups excluding carboxylic acids is 1. The Morgan fingerprint density at radius 3 is 2.38 bits per heavy atom. The number of nitrogens with zero attached hydrogens (tertiary/aromatic N) is 3. The molecule has 0 saturated carbocycles. The molecule has 5 nitrogen and oxygen atoms in total. The second kappa shape index (κ2) is 9.89. The van der Waals surface area contributed by atoms with Crippen LogP contribution in [0.3, 0.4) is 0 Å². The number of aromatic nitrogens is 2. The summed E-state index contributed by atoms with van der Waals surface area (Å²) in [6, 6.07) is 10.1. The van der Waals surface area contributed by atoms with Gasteiger partial charge >= 0.3 is 6.18 Å². The van der Waals surface area contributed by atoms with E-state index in [1.54, 1.807) is 6.92 Å². The molecule has 0 radical (unpaired) electrons. The zero-order valence-corrected chi connectivity index (χ0v) is 20.9. The number of primary amides is 1. The lowest BCUT2D eigenvalue weighted by molar-refractivity contribution is -0.140. The van der Waals surface area contributed by atoms with Crippen molar-refractivity contribution in [3.05, 3.63) is 87.7 Å². The smallest absolute Gasteiger partial charge is 0.368 e. The summed E-state index contributed by atoms with van der Waals surface area (Å²) >= 11 is 0. The maximum absolute atomic E-state index is 14.7. The van der Waals surface area contributed by atoms with Crippen LogP contribution >= 0.6 is 0 Å². The average Bonchev–Trinajstić information content (AvgIpc) is 3.19. The van der Waals surface area contributed by atoms with Crippen molar-refractivity contribution in [2.75, 3.05) is 6.54 Å². The minimum atomic E-state index is -5.00. The molecule has 10 heteroatoms. The number of fused-ring (bicyclic) bond motifs is 1. The number of aryl methyl sites for hydroxylation is 3. The molecular formula is C27H29F5N4O. The highest BCUT2D eigenvalue weighted by molar-refractivity contribution is 5.86. The van der Waals surface area contributed by atoms with Gasteiger partial charge in [-0.15, -0.1) is 0 Å². The molecule has 37 heavy (non-hydrogen) atoms. The van der Waals surface area contributed by atoms with E-state index in [1.807, 2.05) is 53.8 Å². The lowest BCUT2D eigenvalue weighted by Crippen LogP contribution is -2.56. The Balaban J connectivity index is 1.78. The monoisotopic (exact) mass is 520 g/mol. The van der Waals surface area contributed by atoms with Gasteiger partial charge in [0.15, 0.2) is 11.6 Å². The highest BCUT2D eigenvalue weighted by atomic mass is 19.4. The fourth-order valence-corrected chi connectivity index (χ4v) is 5.48. The third-order valence-corrected chi connectivity index (χ3v) is 7.43. The maximum Gasteiger partial charge on any atom is 0.419 e. The van der Waals surface area contributed by atoms with Crippen LogP contribution in [-0.4, -0.2) is 27.1 Å². The number of nitrogens with two attached hydrogens (primary N) is 1. The number of alkyl halides is 3. The van der Waals surface area contributed by atoms with Gasteiger partial charge in [0, 0.05) is 36.8 Å². The first-order chi connectivity index (χ1) is 17.4. The molecule has 2 heterocycles. The molecule has 0 bridgehead atoms. The SMILES string of the molecule is CCn1nc(C)c2c1CCN(C(C)(C(N)=O)c1ccccc1)C2CCc1ccc(C(F)(F)F)c(F)c1F. The van der Waals surface area contributed by atoms with Crippen LogP contribution in [-0.2, 0) is 35.9 Å². The van der Waals surface area contributed by atoms with Crippen molar-refractivity contribution in [3.63, 3.8) is 0 Å². The quantitative estimate of drug-likeness (QED) is 0.422. The molecular weight excluding hydrogens is 491 g/mol. The van der Waals surface area contributed by atoms with E-state index in [0.29, 0.717) is 31.1 Å². The van der Waals surface area contributed by atoms with Crippen LogP contribution in [0.4, 0.5) is 22.0 Å². The van der Waals surface area contributed by atoms with Gasteiger partial charge in [-0.05, 0) is 50.8 Å². The van der Waals surface area contributed by atoms with E-state index in [9.17, 15) is 26.7 Å². The van der Waals surface area contributed by atoms with E-state index in [0.717, 1.165) is 23.0 Å². The number of halogens is 5. The summed E-state index contributed by atoms with van der Waals surface area (Å²) in [5, 5.41) is 4.64. The highest BCUT2D eigenvalue weighted by Gasteiger charge is 2.46. The molecule has 2 unspecified atom stereocenters. The first-order valence-electron chi connectivity index (χ1n) is 12.1. The summed E-state index contributed by atoms with van der Waals surface area (Å²) < 4.78 is 70.0. The summed E-state index contributed by atoms with van der Waals surface area (Å²) in [6.07, 6.45) is -4.24. The van der Waals surface area contributed by atoms with Crippen molar-refractivity contribution in [1.82, 2.24) is 14.7 Å². The summed E-state index contributed by atoms with van der Waals surface area (Å²) in [5.41, 5.74) is 6.23. The second-order valence-electron chi connectivity index (χ2n) is 9.46. The molecule has 4 rings (SSSR count). The van der Waals surface area contributed by atoms with Gasteiger partial charge in [0.2, 0.25) is 5.91 Å². The van der Waals surface area contributed by atoms with Gasteiger partial charge < -0.3 is 5.73 Å². The standard InChI is InChI=1S/C27H29F5N4O/c1-4-36-21-14-15-35(26(3,25(33)37)18-8-6-5-7-9-18)20(22(21)16(2)34-36)13-11-17-10-12-19(27(30,31)32)24(29)23(17)28/h5-10,12,20H,4,11,13-15H2,1-3H3,(H2,33,37). The fourth-order valence-electron chi connectivity index (χ4n) is 5.48. The molecule has 0 saturated heterocycles. The topological polar surface area (TPSA) is 64.2 Å². The van der Waals surface area contributed by atoms with Gasteiger partial charge in [-0.3, -0.25) is 14.4 Å². The number of amides is 1. The summed E-state index contributed by atoms with van der Waals surface area (Å²) in [7, 11) is 0. The predicted octanol–water partition coefficient (Wildman–Crippen LogP) is 5.44. The molecule has 2 aromatic carbocycles. The third-order valence-electron chi connectivity index (χ3n) is 7.43. The molecule has 0 aliphatic carbocycles. The van der Waals surface area contributed by atoms with E-state index in [4.69, 9.17) is 5.73 Å². The van der Waals surface area contributed by atoms with Crippen LogP contribution in [0, 0.1) is 18.6 Å². The molecule has 2 N–H and O–H groups in total. The second-order valence-corrected chi connectivity index (χ2v) is 9.46.